The van der Waals surface area contributed by atoms with Crippen molar-refractivity contribution in [1.82, 2.24) is 10.2 Å². The van der Waals surface area contributed by atoms with Gasteiger partial charge in [0, 0.05) is 31.1 Å². The Morgan fingerprint density at radius 1 is 1.33 bits per heavy atom. The number of carbonyl (C=O) groups is 2. The fraction of sp³-hybridized carbons (Fsp3) is 0.571. The molecule has 0 aromatic carbocycles. The predicted octanol–water partition coefficient (Wildman–Crippen LogP) is 0.995. The highest BCUT2D eigenvalue weighted by Gasteiger charge is 2.22. The summed E-state index contributed by atoms with van der Waals surface area (Å²) < 4.78 is 4.80. The van der Waals surface area contributed by atoms with Crippen molar-refractivity contribution in [1.29, 1.82) is 0 Å². The zero-order chi connectivity index (χ0) is 15.4. The molecule has 2 heterocycles. The molecule has 0 aliphatic carbocycles. The summed E-state index contributed by atoms with van der Waals surface area (Å²) in [5.41, 5.74) is 1.33. The SMILES string of the molecule is COC(=O)c1c(NC(=O)CN2CCNCC2)sc(C)c1C. The molecular weight excluding hydrogens is 290 g/mol. The van der Waals surface area contributed by atoms with Crippen molar-refractivity contribution in [2.45, 2.75) is 13.8 Å². The van der Waals surface area contributed by atoms with Crippen LogP contribution in [0.15, 0.2) is 0 Å². The minimum atomic E-state index is -0.408. The Labute approximate surface area is 128 Å². The summed E-state index contributed by atoms with van der Waals surface area (Å²) in [6.07, 6.45) is 0. The van der Waals surface area contributed by atoms with E-state index in [4.69, 9.17) is 4.74 Å². The summed E-state index contributed by atoms with van der Waals surface area (Å²) in [6.45, 7) is 7.66. The first-order valence-corrected chi connectivity index (χ1v) is 7.75. The zero-order valence-electron chi connectivity index (χ0n) is 12.6. The molecule has 7 heteroatoms. The van der Waals surface area contributed by atoms with Gasteiger partial charge in [-0.25, -0.2) is 4.79 Å². The summed E-state index contributed by atoms with van der Waals surface area (Å²) in [5, 5.41) is 6.68. The highest BCUT2D eigenvalue weighted by molar-refractivity contribution is 7.16. The second kappa shape index (κ2) is 7.02. The molecule has 1 aromatic rings. The predicted molar refractivity (Wildman–Crippen MR) is 83.1 cm³/mol. The number of aryl methyl sites for hydroxylation is 1. The maximum Gasteiger partial charge on any atom is 0.341 e. The number of thiophene rings is 1. The Hall–Kier alpha value is -1.44. The van der Waals surface area contributed by atoms with E-state index in [0.717, 1.165) is 36.6 Å². The van der Waals surface area contributed by atoms with E-state index in [1.165, 1.54) is 18.4 Å². The molecule has 2 rings (SSSR count). The van der Waals surface area contributed by atoms with Crippen LogP contribution in [0.2, 0.25) is 0 Å². The van der Waals surface area contributed by atoms with Crippen LogP contribution in [-0.4, -0.2) is 56.6 Å². The van der Waals surface area contributed by atoms with Crippen molar-refractivity contribution >= 4 is 28.2 Å². The van der Waals surface area contributed by atoms with Gasteiger partial charge in [-0.05, 0) is 19.4 Å². The highest BCUT2D eigenvalue weighted by atomic mass is 32.1. The third-order valence-corrected chi connectivity index (χ3v) is 4.73. The standard InChI is InChI=1S/C14H21N3O3S/c1-9-10(2)21-13(12(9)14(19)20-3)16-11(18)8-17-6-4-15-5-7-17/h15H,4-8H2,1-3H3,(H,16,18). The van der Waals surface area contributed by atoms with Crippen molar-refractivity contribution in [3.05, 3.63) is 16.0 Å². The van der Waals surface area contributed by atoms with E-state index in [1.54, 1.807) is 0 Å². The molecule has 2 N–H and O–H groups in total. The van der Waals surface area contributed by atoms with E-state index in [-0.39, 0.29) is 5.91 Å². The average molecular weight is 311 g/mol. The van der Waals surface area contributed by atoms with Crippen molar-refractivity contribution in [2.75, 3.05) is 45.2 Å². The molecular formula is C14H21N3O3S. The molecule has 116 valence electrons. The molecule has 0 saturated carbocycles. The molecule has 1 saturated heterocycles. The van der Waals surface area contributed by atoms with Gasteiger partial charge in [-0.3, -0.25) is 9.69 Å². The van der Waals surface area contributed by atoms with Crippen LogP contribution in [0.3, 0.4) is 0 Å². The number of methoxy groups -OCH3 is 1. The number of nitrogens with one attached hydrogen (secondary N) is 2. The van der Waals surface area contributed by atoms with Crippen molar-refractivity contribution in [3.8, 4) is 0 Å². The van der Waals surface area contributed by atoms with Crippen LogP contribution in [0.4, 0.5) is 5.00 Å². The first-order valence-electron chi connectivity index (χ1n) is 6.94. The van der Waals surface area contributed by atoms with Crippen LogP contribution >= 0.6 is 11.3 Å². The molecule has 1 aliphatic rings. The number of anilines is 1. The van der Waals surface area contributed by atoms with Gasteiger partial charge in [0.25, 0.3) is 0 Å². The summed E-state index contributed by atoms with van der Waals surface area (Å²) in [7, 11) is 1.35. The molecule has 0 spiro atoms. The van der Waals surface area contributed by atoms with E-state index >= 15 is 0 Å². The van der Waals surface area contributed by atoms with Gasteiger partial charge in [-0.15, -0.1) is 11.3 Å². The minimum Gasteiger partial charge on any atom is -0.465 e. The number of hydrogen-bond donors (Lipinski definition) is 2. The van der Waals surface area contributed by atoms with Crippen LogP contribution in [-0.2, 0) is 9.53 Å². The average Bonchev–Trinajstić information content (AvgIpc) is 2.74. The number of esters is 1. The Morgan fingerprint density at radius 3 is 2.62 bits per heavy atom. The third kappa shape index (κ3) is 3.81. The van der Waals surface area contributed by atoms with Crippen LogP contribution in [0.25, 0.3) is 0 Å². The van der Waals surface area contributed by atoms with E-state index in [0.29, 0.717) is 17.1 Å². The number of amides is 1. The highest BCUT2D eigenvalue weighted by Crippen LogP contribution is 2.32. The number of nitrogens with zero attached hydrogens (tertiary/aromatic N) is 1. The lowest BCUT2D eigenvalue weighted by molar-refractivity contribution is -0.117. The zero-order valence-corrected chi connectivity index (χ0v) is 13.4. The summed E-state index contributed by atoms with van der Waals surface area (Å²) >= 11 is 1.41. The molecule has 1 amide bonds. The second-order valence-corrected chi connectivity index (χ2v) is 6.28. The van der Waals surface area contributed by atoms with Gasteiger partial charge in [-0.2, -0.15) is 0 Å². The van der Waals surface area contributed by atoms with Crippen molar-refractivity contribution < 1.29 is 14.3 Å². The largest absolute Gasteiger partial charge is 0.465 e. The van der Waals surface area contributed by atoms with Crippen LogP contribution in [0.1, 0.15) is 20.8 Å². The van der Waals surface area contributed by atoms with E-state index in [9.17, 15) is 9.59 Å². The number of carbonyl (C=O) groups excluding carboxylic acids is 2. The number of rotatable bonds is 4. The maximum atomic E-state index is 12.1. The van der Waals surface area contributed by atoms with Gasteiger partial charge in [-0.1, -0.05) is 0 Å². The topological polar surface area (TPSA) is 70.7 Å². The summed E-state index contributed by atoms with van der Waals surface area (Å²) in [4.78, 5) is 27.1. The first kappa shape index (κ1) is 15.9. The minimum absolute atomic E-state index is 0.0942. The lowest BCUT2D eigenvalue weighted by atomic mass is 10.1. The van der Waals surface area contributed by atoms with E-state index < -0.39 is 5.97 Å². The fourth-order valence-electron chi connectivity index (χ4n) is 2.30. The molecule has 0 atom stereocenters. The van der Waals surface area contributed by atoms with E-state index in [1.807, 2.05) is 13.8 Å². The van der Waals surface area contributed by atoms with Crippen LogP contribution < -0.4 is 10.6 Å². The maximum absolute atomic E-state index is 12.1. The Balaban J connectivity index is 2.06. The lowest BCUT2D eigenvalue weighted by Crippen LogP contribution is -2.46. The molecule has 1 aromatic heterocycles. The fourth-order valence-corrected chi connectivity index (χ4v) is 3.37. The summed E-state index contributed by atoms with van der Waals surface area (Å²) in [6, 6.07) is 0. The van der Waals surface area contributed by atoms with Gasteiger partial charge in [0.05, 0.1) is 19.2 Å². The molecule has 21 heavy (non-hydrogen) atoms. The van der Waals surface area contributed by atoms with Crippen LogP contribution in [0.5, 0.6) is 0 Å². The number of ether oxygens (including phenoxy) is 1. The van der Waals surface area contributed by atoms with Gasteiger partial charge < -0.3 is 15.4 Å². The Morgan fingerprint density at radius 2 is 2.00 bits per heavy atom. The molecule has 6 nitrogen and oxygen atoms in total. The molecule has 1 fully saturated rings. The second-order valence-electron chi connectivity index (χ2n) is 5.05. The van der Waals surface area contributed by atoms with Gasteiger partial charge >= 0.3 is 5.97 Å². The van der Waals surface area contributed by atoms with Crippen molar-refractivity contribution in [3.63, 3.8) is 0 Å². The van der Waals surface area contributed by atoms with Crippen LogP contribution in [0, 0.1) is 13.8 Å². The smallest absolute Gasteiger partial charge is 0.341 e. The summed E-state index contributed by atoms with van der Waals surface area (Å²) in [5.74, 6) is -0.502. The Bertz CT molecular complexity index is 536. The van der Waals surface area contributed by atoms with Gasteiger partial charge in [0.15, 0.2) is 0 Å². The Kier molecular flexibility index (Phi) is 5.33. The normalized spacial score (nSPS) is 15.8. The van der Waals surface area contributed by atoms with Gasteiger partial charge in [0.2, 0.25) is 5.91 Å². The number of hydrogen-bond acceptors (Lipinski definition) is 6. The monoisotopic (exact) mass is 311 g/mol. The molecule has 1 aliphatic heterocycles. The molecule has 0 radical (unpaired) electrons. The molecule has 0 bridgehead atoms. The molecule has 0 unspecified atom stereocenters. The van der Waals surface area contributed by atoms with E-state index in [2.05, 4.69) is 15.5 Å². The third-order valence-electron chi connectivity index (χ3n) is 3.60. The quantitative estimate of drug-likeness (QED) is 0.812. The van der Waals surface area contributed by atoms with Crippen molar-refractivity contribution in [2.24, 2.45) is 0 Å². The lowest BCUT2D eigenvalue weighted by Gasteiger charge is -2.26. The van der Waals surface area contributed by atoms with Gasteiger partial charge in [0.1, 0.15) is 5.00 Å². The number of piperazine rings is 1. The first-order chi connectivity index (χ1) is 10.0.